The first-order chi connectivity index (χ1) is 8.72. The van der Waals surface area contributed by atoms with Crippen LogP contribution in [-0.2, 0) is 4.79 Å². The first kappa shape index (κ1) is 12.9. The molecule has 0 aromatic heterocycles. The Hall–Kier alpha value is -1.55. The van der Waals surface area contributed by atoms with Crippen LogP contribution in [0.4, 0.5) is 5.69 Å². The summed E-state index contributed by atoms with van der Waals surface area (Å²) in [6.07, 6.45) is 0.516. The van der Waals surface area contributed by atoms with Crippen LogP contribution in [0.5, 0.6) is 5.75 Å². The molecule has 4 nitrogen and oxygen atoms in total. The van der Waals surface area contributed by atoms with Crippen LogP contribution in [0, 0.1) is 0 Å². The van der Waals surface area contributed by atoms with Gasteiger partial charge in [0.15, 0.2) is 0 Å². The third-order valence-electron chi connectivity index (χ3n) is 3.06. The molecule has 2 rings (SSSR count). The second-order valence-corrected chi connectivity index (χ2v) is 4.52. The first-order valence-corrected chi connectivity index (χ1v) is 6.48. The Morgan fingerprint density at radius 3 is 3.06 bits per heavy atom. The van der Waals surface area contributed by atoms with E-state index in [0.29, 0.717) is 19.6 Å². The van der Waals surface area contributed by atoms with Gasteiger partial charge in [-0.15, -0.1) is 0 Å². The monoisotopic (exact) mass is 248 g/mol. The minimum absolute atomic E-state index is 0.152. The molecule has 1 amide bonds. The highest BCUT2D eigenvalue weighted by Gasteiger charge is 2.23. The van der Waals surface area contributed by atoms with Crippen LogP contribution in [0.25, 0.3) is 0 Å². The number of hydrogen-bond donors (Lipinski definition) is 1. The fourth-order valence-electron chi connectivity index (χ4n) is 2.22. The second kappa shape index (κ2) is 5.87. The Morgan fingerprint density at radius 2 is 2.28 bits per heavy atom. The van der Waals surface area contributed by atoms with Gasteiger partial charge < -0.3 is 15.0 Å². The molecule has 0 fully saturated rings. The van der Waals surface area contributed by atoms with Gasteiger partial charge in [-0.3, -0.25) is 4.79 Å². The van der Waals surface area contributed by atoms with E-state index in [1.807, 2.05) is 43.0 Å². The molecule has 0 spiro atoms. The fraction of sp³-hybridized carbons (Fsp3) is 0.500. The van der Waals surface area contributed by atoms with Gasteiger partial charge in [-0.2, -0.15) is 0 Å². The summed E-state index contributed by atoms with van der Waals surface area (Å²) < 4.78 is 5.55. The topological polar surface area (TPSA) is 41.6 Å². The SMILES string of the molecule is CCNC(C)CC(=O)N1CCOc2ccccc21. The van der Waals surface area contributed by atoms with Crippen molar-refractivity contribution in [2.24, 2.45) is 0 Å². The number of rotatable bonds is 4. The van der Waals surface area contributed by atoms with Crippen molar-refractivity contribution in [3.8, 4) is 5.75 Å². The predicted molar refractivity (Wildman–Crippen MR) is 72.0 cm³/mol. The molecule has 1 atom stereocenters. The van der Waals surface area contributed by atoms with Gasteiger partial charge in [0.2, 0.25) is 5.91 Å². The Bertz CT molecular complexity index is 420. The van der Waals surface area contributed by atoms with Crippen LogP contribution in [0.1, 0.15) is 20.3 Å². The maximum atomic E-state index is 12.3. The van der Waals surface area contributed by atoms with Crippen LogP contribution in [0.2, 0.25) is 0 Å². The quantitative estimate of drug-likeness (QED) is 0.883. The lowest BCUT2D eigenvalue weighted by Crippen LogP contribution is -2.41. The van der Waals surface area contributed by atoms with Crippen LogP contribution < -0.4 is 15.0 Å². The summed E-state index contributed by atoms with van der Waals surface area (Å²) in [5.41, 5.74) is 0.887. The zero-order valence-electron chi connectivity index (χ0n) is 11.0. The van der Waals surface area contributed by atoms with E-state index < -0.39 is 0 Å². The highest BCUT2D eigenvalue weighted by molar-refractivity contribution is 5.95. The van der Waals surface area contributed by atoms with Gasteiger partial charge in [0.1, 0.15) is 12.4 Å². The third-order valence-corrected chi connectivity index (χ3v) is 3.06. The molecule has 0 bridgehead atoms. The van der Waals surface area contributed by atoms with Gasteiger partial charge in [0.05, 0.1) is 12.2 Å². The molecule has 0 radical (unpaired) electrons. The zero-order chi connectivity index (χ0) is 13.0. The Kier molecular flexibility index (Phi) is 4.20. The van der Waals surface area contributed by atoms with Crippen molar-refractivity contribution in [1.29, 1.82) is 0 Å². The molecule has 1 unspecified atom stereocenters. The van der Waals surface area contributed by atoms with E-state index in [1.54, 1.807) is 0 Å². The summed E-state index contributed by atoms with van der Waals surface area (Å²) >= 11 is 0. The molecule has 0 aliphatic carbocycles. The average Bonchev–Trinajstić information content (AvgIpc) is 2.38. The van der Waals surface area contributed by atoms with E-state index in [1.165, 1.54) is 0 Å². The maximum absolute atomic E-state index is 12.3. The summed E-state index contributed by atoms with van der Waals surface area (Å²) in [5, 5.41) is 3.26. The lowest BCUT2D eigenvalue weighted by molar-refractivity contribution is -0.119. The van der Waals surface area contributed by atoms with Crippen LogP contribution >= 0.6 is 0 Å². The standard InChI is InChI=1S/C14H20N2O2/c1-3-15-11(2)10-14(17)16-8-9-18-13-7-5-4-6-12(13)16/h4-7,11,15H,3,8-10H2,1-2H3. The molecule has 1 heterocycles. The van der Waals surface area contributed by atoms with E-state index >= 15 is 0 Å². The lowest BCUT2D eigenvalue weighted by atomic mass is 10.1. The van der Waals surface area contributed by atoms with Crippen molar-refractivity contribution in [1.82, 2.24) is 5.32 Å². The number of fused-ring (bicyclic) bond motifs is 1. The fourth-order valence-corrected chi connectivity index (χ4v) is 2.22. The Balaban J connectivity index is 2.08. The van der Waals surface area contributed by atoms with Crippen molar-refractivity contribution < 1.29 is 9.53 Å². The second-order valence-electron chi connectivity index (χ2n) is 4.52. The number of benzene rings is 1. The molecule has 0 saturated heterocycles. The number of carbonyl (C=O) groups excluding carboxylic acids is 1. The molecule has 0 saturated carbocycles. The van der Waals surface area contributed by atoms with Gasteiger partial charge >= 0.3 is 0 Å². The molecule has 1 aliphatic heterocycles. The number of carbonyl (C=O) groups is 1. The van der Waals surface area contributed by atoms with E-state index in [9.17, 15) is 4.79 Å². The van der Waals surface area contributed by atoms with Gasteiger partial charge in [0, 0.05) is 12.5 Å². The molecular weight excluding hydrogens is 228 g/mol. The highest BCUT2D eigenvalue weighted by atomic mass is 16.5. The van der Waals surface area contributed by atoms with Crippen molar-refractivity contribution >= 4 is 11.6 Å². The summed E-state index contributed by atoms with van der Waals surface area (Å²) in [6, 6.07) is 7.90. The molecule has 1 N–H and O–H groups in total. The minimum Gasteiger partial charge on any atom is -0.490 e. The summed E-state index contributed by atoms with van der Waals surface area (Å²) in [5.74, 6) is 0.951. The normalized spacial score (nSPS) is 15.8. The Labute approximate surface area is 108 Å². The lowest BCUT2D eigenvalue weighted by Gasteiger charge is -2.30. The number of amides is 1. The summed E-state index contributed by atoms with van der Waals surface area (Å²) in [6.45, 7) is 6.17. The Morgan fingerprint density at radius 1 is 1.50 bits per heavy atom. The number of ether oxygens (including phenoxy) is 1. The molecule has 4 heteroatoms. The number of hydrogen-bond acceptors (Lipinski definition) is 3. The third kappa shape index (κ3) is 2.82. The van der Waals surface area contributed by atoms with Crippen LogP contribution in [-0.4, -0.2) is 31.6 Å². The van der Waals surface area contributed by atoms with Gasteiger partial charge in [-0.05, 0) is 25.6 Å². The molecule has 1 aromatic rings. The number of nitrogens with zero attached hydrogens (tertiary/aromatic N) is 1. The summed E-state index contributed by atoms with van der Waals surface area (Å²) in [4.78, 5) is 14.1. The van der Waals surface area contributed by atoms with E-state index in [2.05, 4.69) is 5.32 Å². The predicted octanol–water partition coefficient (Wildman–Crippen LogP) is 1.80. The molecule has 18 heavy (non-hydrogen) atoms. The van der Waals surface area contributed by atoms with E-state index in [0.717, 1.165) is 18.0 Å². The smallest absolute Gasteiger partial charge is 0.228 e. The minimum atomic E-state index is 0.152. The average molecular weight is 248 g/mol. The van der Waals surface area contributed by atoms with Gasteiger partial charge in [0.25, 0.3) is 0 Å². The van der Waals surface area contributed by atoms with E-state index in [4.69, 9.17) is 4.74 Å². The zero-order valence-corrected chi connectivity index (χ0v) is 11.0. The van der Waals surface area contributed by atoms with Crippen LogP contribution in [0.3, 0.4) is 0 Å². The molecule has 98 valence electrons. The first-order valence-electron chi connectivity index (χ1n) is 6.48. The van der Waals surface area contributed by atoms with Crippen molar-refractivity contribution in [3.63, 3.8) is 0 Å². The molecule has 1 aromatic carbocycles. The van der Waals surface area contributed by atoms with Crippen molar-refractivity contribution in [2.45, 2.75) is 26.3 Å². The molecule has 1 aliphatic rings. The van der Waals surface area contributed by atoms with Crippen molar-refractivity contribution in [2.75, 3.05) is 24.6 Å². The van der Waals surface area contributed by atoms with Gasteiger partial charge in [-0.25, -0.2) is 0 Å². The largest absolute Gasteiger partial charge is 0.490 e. The summed E-state index contributed by atoms with van der Waals surface area (Å²) in [7, 11) is 0. The number of para-hydroxylation sites is 2. The van der Waals surface area contributed by atoms with Crippen LogP contribution in [0.15, 0.2) is 24.3 Å². The maximum Gasteiger partial charge on any atom is 0.228 e. The number of anilines is 1. The van der Waals surface area contributed by atoms with Crippen molar-refractivity contribution in [3.05, 3.63) is 24.3 Å². The van der Waals surface area contributed by atoms with Gasteiger partial charge in [-0.1, -0.05) is 19.1 Å². The number of nitrogens with one attached hydrogen (secondary N) is 1. The molecular formula is C14H20N2O2. The van der Waals surface area contributed by atoms with E-state index in [-0.39, 0.29) is 11.9 Å². The highest BCUT2D eigenvalue weighted by Crippen LogP contribution is 2.31.